The molecule has 0 unspecified atom stereocenters. The average molecular weight is 630 g/mol. The zero-order chi connectivity index (χ0) is 32.8. The van der Waals surface area contributed by atoms with Crippen LogP contribution < -0.4 is 29.9 Å². The first-order chi connectivity index (χ1) is 22.2. The number of halogens is 2. The lowest BCUT2D eigenvalue weighted by atomic mass is 10.1. The Hall–Kier alpha value is -5.56. The number of methoxy groups -OCH3 is 2. The molecule has 0 aliphatic carbocycles. The number of carbonyl (C=O) groups is 2. The number of likely N-dealkylation sites (N-methyl/N-ethyl adjacent to an activating group) is 1. The Balaban J connectivity index is 1.53. The van der Waals surface area contributed by atoms with E-state index in [1.54, 1.807) is 30.3 Å². The van der Waals surface area contributed by atoms with E-state index in [1.807, 2.05) is 49.3 Å². The third kappa shape index (κ3) is 7.05. The Morgan fingerprint density at radius 3 is 2.37 bits per heavy atom. The van der Waals surface area contributed by atoms with Gasteiger partial charge in [-0.25, -0.2) is 18.6 Å². The Morgan fingerprint density at radius 2 is 1.70 bits per heavy atom. The van der Waals surface area contributed by atoms with Gasteiger partial charge in [0.1, 0.15) is 11.5 Å². The van der Waals surface area contributed by atoms with E-state index >= 15 is 8.78 Å². The van der Waals surface area contributed by atoms with Crippen LogP contribution in [-0.2, 0) is 17.9 Å². The fraction of sp³-hybridized carbons (Fsp3) is 0.212. The molecule has 1 aliphatic rings. The number of anilines is 5. The molecule has 3 aromatic carbocycles. The van der Waals surface area contributed by atoms with Crippen LogP contribution in [0.3, 0.4) is 0 Å². The van der Waals surface area contributed by atoms with Crippen molar-refractivity contribution in [3.63, 3.8) is 0 Å². The Bertz CT molecular complexity index is 1740. The molecule has 0 saturated heterocycles. The minimum atomic E-state index is -1.06. The van der Waals surface area contributed by atoms with Crippen LogP contribution in [0.5, 0.6) is 11.5 Å². The fourth-order valence-corrected chi connectivity index (χ4v) is 4.84. The number of nitrogens with one attached hydrogen (secondary N) is 2. The van der Waals surface area contributed by atoms with E-state index in [1.165, 1.54) is 31.4 Å². The highest BCUT2D eigenvalue weighted by atomic mass is 19.1. The summed E-state index contributed by atoms with van der Waals surface area (Å²) in [7, 11) is 6.26. The summed E-state index contributed by atoms with van der Waals surface area (Å²) in [6.45, 7) is 0.328. The van der Waals surface area contributed by atoms with Gasteiger partial charge in [0.25, 0.3) is 0 Å². The first-order valence-electron chi connectivity index (χ1n) is 14.3. The van der Waals surface area contributed by atoms with E-state index in [0.29, 0.717) is 23.4 Å². The van der Waals surface area contributed by atoms with Crippen molar-refractivity contribution in [2.45, 2.75) is 13.1 Å². The normalized spacial score (nSPS) is 12.8. The van der Waals surface area contributed by atoms with Crippen LogP contribution in [0.25, 0.3) is 0 Å². The molecule has 46 heavy (non-hydrogen) atoms. The predicted molar refractivity (Wildman–Crippen MR) is 172 cm³/mol. The third-order valence-electron chi connectivity index (χ3n) is 7.01. The largest absolute Gasteiger partial charge is 0.493 e. The van der Waals surface area contributed by atoms with Crippen LogP contribution >= 0.6 is 0 Å². The molecular weight excluding hydrogens is 596 g/mol. The number of fused-ring (bicyclic) bond motifs is 1. The summed E-state index contributed by atoms with van der Waals surface area (Å²) < 4.78 is 41.5. The summed E-state index contributed by atoms with van der Waals surface area (Å²) in [4.78, 5) is 39.9. The molecule has 0 saturated carbocycles. The number of carbonyl (C=O) groups excluding carboxylic acids is 2. The quantitative estimate of drug-likeness (QED) is 0.203. The summed E-state index contributed by atoms with van der Waals surface area (Å²) in [5, 5.41) is 5.93. The molecule has 13 heteroatoms. The third-order valence-corrected chi connectivity index (χ3v) is 7.01. The van der Waals surface area contributed by atoms with Crippen LogP contribution in [0.4, 0.5) is 42.4 Å². The topological polar surface area (TPSA) is 112 Å². The predicted octanol–water partition coefficient (Wildman–Crippen LogP) is 5.72. The van der Waals surface area contributed by atoms with E-state index in [4.69, 9.17) is 9.47 Å². The van der Waals surface area contributed by atoms with Gasteiger partial charge in [-0.1, -0.05) is 36.4 Å². The van der Waals surface area contributed by atoms with E-state index in [9.17, 15) is 9.59 Å². The van der Waals surface area contributed by atoms with Crippen molar-refractivity contribution in [2.24, 2.45) is 0 Å². The molecule has 2 N–H and O–H groups in total. The second-order valence-electron chi connectivity index (χ2n) is 10.6. The van der Waals surface area contributed by atoms with E-state index in [-0.39, 0.29) is 42.3 Å². The summed E-state index contributed by atoms with van der Waals surface area (Å²) in [6.07, 6.45) is 4.69. The van der Waals surface area contributed by atoms with Crippen LogP contribution in [-0.4, -0.2) is 61.7 Å². The fourth-order valence-electron chi connectivity index (χ4n) is 4.84. The molecule has 238 valence electrons. The molecule has 4 aromatic rings. The standard InChI is InChI=1S/C33H33F2N7O4/c1-40(2)15-9-14-27(43)37-24-13-8-10-21(16-24)19-42-31-22(18-36-32(39-31)38-23-11-6-5-7-12-23)20-41(33(42)44)30-28(34)25(45-3)17-26(46-4)29(30)35/h5-14,16-18H,15,19-20H2,1-4H3,(H,37,43)(H,36,38,39)/b14-9+. The van der Waals surface area contributed by atoms with E-state index < -0.39 is 23.4 Å². The number of aromatic nitrogens is 2. The molecule has 1 aromatic heterocycles. The zero-order valence-electron chi connectivity index (χ0n) is 25.8. The van der Waals surface area contributed by atoms with E-state index in [0.717, 1.165) is 16.7 Å². The molecule has 5 rings (SSSR count). The highest BCUT2D eigenvalue weighted by molar-refractivity contribution is 6.06. The molecule has 0 radical (unpaired) electrons. The summed E-state index contributed by atoms with van der Waals surface area (Å²) in [6, 6.07) is 16.5. The first-order valence-corrected chi connectivity index (χ1v) is 14.3. The zero-order valence-corrected chi connectivity index (χ0v) is 25.8. The van der Waals surface area contributed by atoms with Gasteiger partial charge in [-0.2, -0.15) is 4.98 Å². The van der Waals surface area contributed by atoms with E-state index in [2.05, 4.69) is 20.6 Å². The SMILES string of the molecule is COc1cc(OC)c(F)c(N2Cc3cnc(Nc4ccccc4)nc3N(Cc3cccc(NC(=O)/C=C/CN(C)C)c3)C2=O)c1F. The smallest absolute Gasteiger partial charge is 0.330 e. The number of urea groups is 1. The minimum absolute atomic E-state index is 0.0470. The molecule has 0 fully saturated rings. The molecule has 1 aliphatic heterocycles. The monoisotopic (exact) mass is 629 g/mol. The first kappa shape index (κ1) is 31.9. The molecule has 11 nitrogen and oxygen atoms in total. The lowest BCUT2D eigenvalue weighted by molar-refractivity contribution is -0.111. The molecular formula is C33H33F2N7O4. The van der Waals surface area contributed by atoms with Gasteiger partial charge in [0.2, 0.25) is 11.9 Å². The number of nitrogens with zero attached hydrogens (tertiary/aromatic N) is 5. The number of ether oxygens (including phenoxy) is 2. The van der Waals surface area contributed by atoms with Crippen molar-refractivity contribution < 1.29 is 27.8 Å². The highest BCUT2D eigenvalue weighted by Crippen LogP contribution is 2.41. The van der Waals surface area contributed by atoms with Gasteiger partial charge >= 0.3 is 6.03 Å². The van der Waals surface area contributed by atoms with Crippen molar-refractivity contribution in [3.05, 3.63) is 102 Å². The van der Waals surface area contributed by atoms with Crippen molar-refractivity contribution in [2.75, 3.05) is 55.3 Å². The molecule has 3 amide bonds. The maximum absolute atomic E-state index is 15.6. The maximum Gasteiger partial charge on any atom is 0.330 e. The van der Waals surface area contributed by atoms with Crippen LogP contribution in [0, 0.1) is 11.6 Å². The Labute approximate surface area is 265 Å². The Morgan fingerprint density at radius 1 is 1.00 bits per heavy atom. The van der Waals surface area contributed by atoms with Crippen molar-refractivity contribution >= 4 is 40.8 Å². The second kappa shape index (κ2) is 14.0. The lowest BCUT2D eigenvalue weighted by Crippen LogP contribution is -2.48. The number of rotatable bonds is 11. The van der Waals surface area contributed by atoms with Gasteiger partial charge < -0.3 is 25.0 Å². The number of para-hydroxylation sites is 1. The van der Waals surface area contributed by atoms with Gasteiger partial charge in [-0.15, -0.1) is 0 Å². The molecule has 2 heterocycles. The van der Waals surface area contributed by atoms with Crippen molar-refractivity contribution in [1.82, 2.24) is 14.9 Å². The number of amides is 3. The van der Waals surface area contributed by atoms with Gasteiger partial charge in [0.05, 0.1) is 27.3 Å². The second-order valence-corrected chi connectivity index (χ2v) is 10.6. The van der Waals surface area contributed by atoms with Gasteiger partial charge in [0, 0.05) is 41.8 Å². The highest BCUT2D eigenvalue weighted by Gasteiger charge is 2.38. The van der Waals surface area contributed by atoms with Crippen LogP contribution in [0.2, 0.25) is 0 Å². The van der Waals surface area contributed by atoms with Gasteiger partial charge in [-0.05, 0) is 43.9 Å². The maximum atomic E-state index is 15.6. The van der Waals surface area contributed by atoms with Crippen LogP contribution in [0.1, 0.15) is 11.1 Å². The Kier molecular flexibility index (Phi) is 9.72. The van der Waals surface area contributed by atoms with Gasteiger partial charge in [-0.3, -0.25) is 14.6 Å². The van der Waals surface area contributed by atoms with Crippen molar-refractivity contribution in [1.29, 1.82) is 0 Å². The van der Waals surface area contributed by atoms with Gasteiger partial charge in [0.15, 0.2) is 23.1 Å². The number of hydrogen-bond donors (Lipinski definition) is 2. The van der Waals surface area contributed by atoms with Crippen LogP contribution in [0.15, 0.2) is 79.0 Å². The molecule has 0 atom stereocenters. The summed E-state index contributed by atoms with van der Waals surface area (Å²) in [5.41, 5.74) is 1.66. The average Bonchev–Trinajstić information content (AvgIpc) is 3.04. The van der Waals surface area contributed by atoms with Crippen molar-refractivity contribution in [3.8, 4) is 11.5 Å². The molecule has 0 bridgehead atoms. The lowest BCUT2D eigenvalue weighted by Gasteiger charge is -2.36. The molecule has 0 spiro atoms. The number of benzene rings is 3. The summed E-state index contributed by atoms with van der Waals surface area (Å²) >= 11 is 0. The minimum Gasteiger partial charge on any atom is -0.493 e. The number of hydrogen-bond acceptors (Lipinski definition) is 8. The summed E-state index contributed by atoms with van der Waals surface area (Å²) in [5.74, 6) is -2.54.